The molecule has 1 fully saturated rings. The fourth-order valence-electron chi connectivity index (χ4n) is 2.81. The van der Waals surface area contributed by atoms with Gasteiger partial charge < -0.3 is 14.5 Å². The fourth-order valence-corrected chi connectivity index (χ4v) is 2.81. The molecule has 1 amide bonds. The van der Waals surface area contributed by atoms with E-state index in [4.69, 9.17) is 4.74 Å². The zero-order valence-electron chi connectivity index (χ0n) is 12.9. The average Bonchev–Trinajstić information content (AvgIpc) is 2.67. The number of ether oxygens (including phenoxy) is 1. The fraction of sp³-hybridized carbons (Fsp3) is 0.562. The summed E-state index contributed by atoms with van der Waals surface area (Å²) < 4.78 is 19.1. The Kier molecular flexibility index (Phi) is 5.17. The largest absolute Gasteiger partial charge is 0.497 e. The maximum Gasteiger partial charge on any atom is 0.257 e. The van der Waals surface area contributed by atoms with Gasteiger partial charge >= 0.3 is 0 Å². The number of halogens is 1. The van der Waals surface area contributed by atoms with Crippen molar-refractivity contribution in [2.45, 2.75) is 25.8 Å². The van der Waals surface area contributed by atoms with Crippen LogP contribution in [-0.4, -0.2) is 55.5 Å². The van der Waals surface area contributed by atoms with Crippen molar-refractivity contribution in [3.8, 4) is 5.75 Å². The summed E-state index contributed by atoms with van der Waals surface area (Å²) >= 11 is 0. The molecule has 21 heavy (non-hydrogen) atoms. The lowest BCUT2D eigenvalue weighted by Crippen LogP contribution is -2.43. The minimum absolute atomic E-state index is 0.124. The van der Waals surface area contributed by atoms with Crippen molar-refractivity contribution in [1.82, 2.24) is 9.80 Å². The molecule has 1 aliphatic heterocycles. The molecule has 1 aliphatic rings. The number of nitrogens with zero attached hydrogens (tertiary/aromatic N) is 2. The van der Waals surface area contributed by atoms with E-state index in [1.807, 2.05) is 4.90 Å². The van der Waals surface area contributed by atoms with E-state index < -0.39 is 5.82 Å². The van der Waals surface area contributed by atoms with Gasteiger partial charge in [0, 0.05) is 25.2 Å². The van der Waals surface area contributed by atoms with Crippen LogP contribution < -0.4 is 4.74 Å². The maximum atomic E-state index is 14.1. The van der Waals surface area contributed by atoms with Crippen molar-refractivity contribution in [3.63, 3.8) is 0 Å². The highest BCUT2D eigenvalue weighted by Crippen LogP contribution is 2.21. The van der Waals surface area contributed by atoms with Crippen LogP contribution in [0.4, 0.5) is 4.39 Å². The van der Waals surface area contributed by atoms with Crippen molar-refractivity contribution in [3.05, 3.63) is 29.6 Å². The van der Waals surface area contributed by atoms with Gasteiger partial charge in [-0.05, 0) is 38.6 Å². The van der Waals surface area contributed by atoms with Crippen LogP contribution in [0.2, 0.25) is 0 Å². The summed E-state index contributed by atoms with van der Waals surface area (Å²) in [6.07, 6.45) is 1.78. The lowest BCUT2D eigenvalue weighted by Gasteiger charge is -2.30. The lowest BCUT2D eigenvalue weighted by molar-refractivity contribution is 0.0671. The number of benzene rings is 1. The SMILES string of the molecule is CCC1CN(C)CCCN1C(=O)c1ccc(OC)cc1F. The third-order valence-corrected chi connectivity index (χ3v) is 4.04. The van der Waals surface area contributed by atoms with Crippen molar-refractivity contribution >= 4 is 5.91 Å². The summed E-state index contributed by atoms with van der Waals surface area (Å²) in [7, 11) is 3.54. The number of likely N-dealkylation sites (N-methyl/N-ethyl adjacent to an activating group) is 1. The molecule has 0 saturated carbocycles. The maximum absolute atomic E-state index is 14.1. The van der Waals surface area contributed by atoms with Gasteiger partial charge in [0.15, 0.2) is 0 Å². The van der Waals surface area contributed by atoms with Gasteiger partial charge in [-0.25, -0.2) is 4.39 Å². The minimum atomic E-state index is -0.521. The number of hydrogen-bond acceptors (Lipinski definition) is 3. The molecule has 0 radical (unpaired) electrons. The zero-order valence-corrected chi connectivity index (χ0v) is 12.9. The Morgan fingerprint density at radius 2 is 2.19 bits per heavy atom. The first-order chi connectivity index (χ1) is 10.1. The number of rotatable bonds is 3. The molecule has 0 aromatic heterocycles. The van der Waals surface area contributed by atoms with E-state index in [1.165, 1.54) is 19.2 Å². The first-order valence-corrected chi connectivity index (χ1v) is 7.39. The molecule has 2 rings (SSSR count). The van der Waals surface area contributed by atoms with E-state index in [-0.39, 0.29) is 17.5 Å². The van der Waals surface area contributed by atoms with Crippen LogP contribution in [0.15, 0.2) is 18.2 Å². The zero-order chi connectivity index (χ0) is 15.4. The third-order valence-electron chi connectivity index (χ3n) is 4.04. The van der Waals surface area contributed by atoms with E-state index >= 15 is 0 Å². The van der Waals surface area contributed by atoms with Gasteiger partial charge in [-0.15, -0.1) is 0 Å². The van der Waals surface area contributed by atoms with E-state index in [2.05, 4.69) is 18.9 Å². The second-order valence-corrected chi connectivity index (χ2v) is 5.52. The van der Waals surface area contributed by atoms with Crippen LogP contribution in [-0.2, 0) is 0 Å². The normalized spacial score (nSPS) is 20.2. The topological polar surface area (TPSA) is 32.8 Å². The molecule has 1 saturated heterocycles. The molecule has 4 nitrogen and oxygen atoms in total. The molecule has 1 atom stereocenters. The Hall–Kier alpha value is -1.62. The van der Waals surface area contributed by atoms with Gasteiger partial charge in [-0.1, -0.05) is 6.92 Å². The second kappa shape index (κ2) is 6.89. The molecule has 0 N–H and O–H groups in total. The first-order valence-electron chi connectivity index (χ1n) is 7.39. The van der Waals surface area contributed by atoms with Gasteiger partial charge in [0.05, 0.1) is 12.7 Å². The molecule has 1 aromatic carbocycles. The van der Waals surface area contributed by atoms with Crippen LogP contribution >= 0.6 is 0 Å². The highest BCUT2D eigenvalue weighted by atomic mass is 19.1. The number of methoxy groups -OCH3 is 1. The van der Waals surface area contributed by atoms with E-state index in [1.54, 1.807) is 6.07 Å². The molecular formula is C16H23FN2O2. The smallest absolute Gasteiger partial charge is 0.257 e. The highest BCUT2D eigenvalue weighted by Gasteiger charge is 2.28. The summed E-state index contributed by atoms with van der Waals surface area (Å²) in [6, 6.07) is 4.53. The lowest BCUT2D eigenvalue weighted by atomic mass is 10.1. The Bertz CT molecular complexity index is 507. The van der Waals surface area contributed by atoms with Crippen LogP contribution in [0.1, 0.15) is 30.1 Å². The molecule has 0 spiro atoms. The molecular weight excluding hydrogens is 271 g/mol. The Labute approximate surface area is 125 Å². The van der Waals surface area contributed by atoms with Crippen molar-refractivity contribution in [2.24, 2.45) is 0 Å². The second-order valence-electron chi connectivity index (χ2n) is 5.52. The van der Waals surface area contributed by atoms with Crippen molar-refractivity contribution in [1.29, 1.82) is 0 Å². The summed E-state index contributed by atoms with van der Waals surface area (Å²) in [5.41, 5.74) is 0.124. The highest BCUT2D eigenvalue weighted by molar-refractivity contribution is 5.95. The van der Waals surface area contributed by atoms with Gasteiger partial charge in [-0.3, -0.25) is 4.79 Å². The molecule has 1 aromatic rings. The van der Waals surface area contributed by atoms with Crippen molar-refractivity contribution in [2.75, 3.05) is 33.8 Å². The Morgan fingerprint density at radius 1 is 1.43 bits per heavy atom. The van der Waals surface area contributed by atoms with Crippen LogP contribution in [0.5, 0.6) is 5.75 Å². The Balaban J connectivity index is 2.24. The minimum Gasteiger partial charge on any atom is -0.497 e. The number of carbonyl (C=O) groups is 1. The number of hydrogen-bond donors (Lipinski definition) is 0. The summed E-state index contributed by atoms with van der Waals surface area (Å²) in [6.45, 7) is 4.53. The summed E-state index contributed by atoms with van der Waals surface area (Å²) in [5, 5.41) is 0. The van der Waals surface area contributed by atoms with E-state index in [0.29, 0.717) is 12.3 Å². The number of carbonyl (C=O) groups excluding carboxylic acids is 1. The molecule has 1 heterocycles. The van der Waals surface area contributed by atoms with Crippen LogP contribution in [0, 0.1) is 5.82 Å². The standard InChI is InChI=1S/C16H23FN2O2/c1-4-12-11-18(2)8-5-9-19(12)16(20)14-7-6-13(21-3)10-15(14)17/h6-7,10,12H,4-5,8-9,11H2,1-3H3. The Morgan fingerprint density at radius 3 is 2.81 bits per heavy atom. The van der Waals surface area contributed by atoms with Crippen LogP contribution in [0.25, 0.3) is 0 Å². The van der Waals surface area contributed by atoms with Crippen LogP contribution in [0.3, 0.4) is 0 Å². The predicted octanol–water partition coefficient (Wildman–Crippen LogP) is 2.39. The molecule has 1 unspecified atom stereocenters. The van der Waals surface area contributed by atoms with Gasteiger partial charge in [0.2, 0.25) is 0 Å². The van der Waals surface area contributed by atoms with Gasteiger partial charge in [0.1, 0.15) is 11.6 Å². The third kappa shape index (κ3) is 3.53. The van der Waals surface area contributed by atoms with Gasteiger partial charge in [0.25, 0.3) is 5.91 Å². The first kappa shape index (κ1) is 15.8. The van der Waals surface area contributed by atoms with Gasteiger partial charge in [-0.2, -0.15) is 0 Å². The molecule has 0 aliphatic carbocycles. The summed E-state index contributed by atoms with van der Waals surface area (Å²) in [5.74, 6) is -0.323. The summed E-state index contributed by atoms with van der Waals surface area (Å²) in [4.78, 5) is 16.7. The quantitative estimate of drug-likeness (QED) is 0.858. The number of amides is 1. The predicted molar refractivity (Wildman–Crippen MR) is 80.2 cm³/mol. The monoisotopic (exact) mass is 294 g/mol. The molecule has 0 bridgehead atoms. The van der Waals surface area contributed by atoms with E-state index in [0.717, 1.165) is 25.9 Å². The average molecular weight is 294 g/mol. The van der Waals surface area contributed by atoms with Crippen molar-refractivity contribution < 1.29 is 13.9 Å². The molecule has 5 heteroatoms. The molecule has 116 valence electrons. The van der Waals surface area contributed by atoms with E-state index in [9.17, 15) is 9.18 Å².